The summed E-state index contributed by atoms with van der Waals surface area (Å²) >= 11 is 0. The van der Waals surface area contributed by atoms with Gasteiger partial charge in [0.25, 0.3) is 0 Å². The second-order valence-corrected chi connectivity index (χ2v) is 3.32. The van der Waals surface area contributed by atoms with Gasteiger partial charge in [-0.1, -0.05) is 0 Å². The fraction of sp³-hybridized carbons (Fsp3) is 0.750. The lowest BCUT2D eigenvalue weighted by atomic mass is 9.82. The van der Waals surface area contributed by atoms with Gasteiger partial charge in [-0.3, -0.25) is 4.79 Å². The zero-order valence-electron chi connectivity index (χ0n) is 6.63. The number of hydrogen-bond donors (Lipinski definition) is 1. The molecule has 1 fully saturated rings. The Morgan fingerprint density at radius 1 is 1.64 bits per heavy atom. The van der Waals surface area contributed by atoms with E-state index in [-0.39, 0.29) is 5.92 Å². The summed E-state index contributed by atoms with van der Waals surface area (Å²) in [5.41, 5.74) is 3.98. The zero-order chi connectivity index (χ0) is 7.84. The maximum atomic E-state index is 11.4. The van der Waals surface area contributed by atoms with Crippen molar-refractivity contribution in [2.24, 2.45) is 11.0 Å². The van der Waals surface area contributed by atoms with Crippen molar-refractivity contribution in [3.05, 3.63) is 0 Å². The van der Waals surface area contributed by atoms with Crippen molar-refractivity contribution in [2.75, 3.05) is 0 Å². The molecule has 0 unspecified atom stereocenters. The summed E-state index contributed by atoms with van der Waals surface area (Å²) in [6.45, 7) is 1.93. The highest BCUT2D eigenvalue weighted by Crippen LogP contribution is 2.25. The smallest absolute Gasteiger partial charge is 0.143 e. The van der Waals surface area contributed by atoms with E-state index in [2.05, 4.69) is 10.5 Å². The first-order valence-electron chi connectivity index (χ1n) is 4.11. The van der Waals surface area contributed by atoms with E-state index in [1.54, 1.807) is 0 Å². The minimum Gasteiger partial charge on any atom is -0.306 e. The third-order valence-corrected chi connectivity index (χ3v) is 2.54. The van der Waals surface area contributed by atoms with Gasteiger partial charge >= 0.3 is 0 Å². The summed E-state index contributed by atoms with van der Waals surface area (Å²) in [4.78, 5) is 11.4. The molecule has 2 rings (SSSR count). The van der Waals surface area contributed by atoms with Gasteiger partial charge in [-0.05, 0) is 19.8 Å². The summed E-state index contributed by atoms with van der Waals surface area (Å²) < 4.78 is 0. The number of carbonyl (C=O) groups excluding carboxylic acids is 1. The van der Waals surface area contributed by atoms with E-state index in [0.29, 0.717) is 11.8 Å². The summed E-state index contributed by atoms with van der Waals surface area (Å²) in [6.07, 6.45) is 2.86. The molecule has 1 saturated carbocycles. The molecule has 0 spiro atoms. The molecule has 2 aliphatic rings. The Balaban J connectivity index is 2.21. The van der Waals surface area contributed by atoms with Crippen molar-refractivity contribution < 1.29 is 4.79 Å². The number of carbonyl (C=O) groups is 1. The van der Waals surface area contributed by atoms with Crippen molar-refractivity contribution in [2.45, 2.75) is 32.2 Å². The normalized spacial score (nSPS) is 36.1. The van der Waals surface area contributed by atoms with Gasteiger partial charge in [0.15, 0.2) is 0 Å². The number of ketones is 1. The number of rotatable bonds is 0. The Morgan fingerprint density at radius 2 is 2.45 bits per heavy atom. The van der Waals surface area contributed by atoms with Crippen LogP contribution in [-0.4, -0.2) is 17.5 Å². The van der Waals surface area contributed by atoms with Gasteiger partial charge < -0.3 is 5.43 Å². The van der Waals surface area contributed by atoms with E-state index in [1.807, 2.05) is 6.92 Å². The van der Waals surface area contributed by atoms with Gasteiger partial charge in [-0.2, -0.15) is 5.10 Å². The lowest BCUT2D eigenvalue weighted by Gasteiger charge is -2.23. The van der Waals surface area contributed by atoms with Crippen molar-refractivity contribution in [1.82, 2.24) is 5.43 Å². The van der Waals surface area contributed by atoms with Crippen LogP contribution in [-0.2, 0) is 4.79 Å². The number of nitrogens with one attached hydrogen (secondary N) is 1. The molecule has 3 nitrogen and oxygen atoms in total. The van der Waals surface area contributed by atoms with Crippen molar-refractivity contribution in [3.63, 3.8) is 0 Å². The van der Waals surface area contributed by atoms with Crippen LogP contribution in [0.2, 0.25) is 0 Å². The molecule has 1 aliphatic heterocycles. The first-order chi connectivity index (χ1) is 5.29. The molecular weight excluding hydrogens is 140 g/mol. The van der Waals surface area contributed by atoms with E-state index in [9.17, 15) is 4.79 Å². The van der Waals surface area contributed by atoms with Gasteiger partial charge in [0.1, 0.15) is 5.78 Å². The molecule has 0 aromatic rings. The molecule has 2 atom stereocenters. The second kappa shape index (κ2) is 2.32. The topological polar surface area (TPSA) is 41.5 Å². The third-order valence-electron chi connectivity index (χ3n) is 2.54. The maximum Gasteiger partial charge on any atom is 0.143 e. The van der Waals surface area contributed by atoms with Crippen molar-refractivity contribution in [3.8, 4) is 0 Å². The minimum atomic E-state index is 0.101. The number of hydrogen-bond acceptors (Lipinski definition) is 3. The summed E-state index contributed by atoms with van der Waals surface area (Å²) in [6, 6.07) is 0.316. The first-order valence-corrected chi connectivity index (χ1v) is 4.11. The summed E-state index contributed by atoms with van der Waals surface area (Å²) in [5, 5.41) is 4.08. The van der Waals surface area contributed by atoms with Gasteiger partial charge in [-0.15, -0.1) is 0 Å². The first kappa shape index (κ1) is 6.83. The molecule has 1 heterocycles. The van der Waals surface area contributed by atoms with Crippen LogP contribution < -0.4 is 5.43 Å². The SMILES string of the molecule is CC1=NN[C@H]2CCCC(=O)[C@H]12. The highest BCUT2D eigenvalue weighted by Gasteiger charge is 2.37. The van der Waals surface area contributed by atoms with E-state index in [1.165, 1.54) is 0 Å². The van der Waals surface area contributed by atoms with E-state index < -0.39 is 0 Å². The van der Waals surface area contributed by atoms with Crippen LogP contribution in [0.1, 0.15) is 26.2 Å². The Bertz CT molecular complexity index is 222. The van der Waals surface area contributed by atoms with Crippen molar-refractivity contribution in [1.29, 1.82) is 0 Å². The van der Waals surface area contributed by atoms with Gasteiger partial charge in [0.2, 0.25) is 0 Å². The van der Waals surface area contributed by atoms with Crippen molar-refractivity contribution >= 4 is 11.5 Å². The van der Waals surface area contributed by atoms with Crippen LogP contribution in [0.25, 0.3) is 0 Å². The number of fused-ring (bicyclic) bond motifs is 1. The third kappa shape index (κ3) is 0.951. The number of hydrazone groups is 1. The van der Waals surface area contributed by atoms with Crippen LogP contribution in [0.15, 0.2) is 5.10 Å². The molecule has 0 amide bonds. The predicted octanol–water partition coefficient (Wildman–Crippen LogP) is 0.703. The van der Waals surface area contributed by atoms with E-state index in [4.69, 9.17) is 0 Å². The molecule has 0 aromatic carbocycles. The van der Waals surface area contributed by atoms with Gasteiger partial charge in [-0.25, -0.2) is 0 Å². The molecule has 60 valence electrons. The molecule has 3 heteroatoms. The second-order valence-electron chi connectivity index (χ2n) is 3.32. The van der Waals surface area contributed by atoms with Crippen LogP contribution in [0.5, 0.6) is 0 Å². The number of nitrogens with zero attached hydrogens (tertiary/aromatic N) is 1. The summed E-state index contributed by atoms with van der Waals surface area (Å²) in [5.74, 6) is 0.469. The molecule has 1 N–H and O–H groups in total. The van der Waals surface area contributed by atoms with Crippen LogP contribution in [0, 0.1) is 5.92 Å². The Labute approximate surface area is 65.9 Å². The Hall–Kier alpha value is -0.860. The lowest BCUT2D eigenvalue weighted by Crippen LogP contribution is -2.38. The molecular formula is C8H12N2O. The van der Waals surface area contributed by atoms with E-state index in [0.717, 1.165) is 25.0 Å². The van der Waals surface area contributed by atoms with E-state index >= 15 is 0 Å². The summed E-state index contributed by atoms with van der Waals surface area (Å²) in [7, 11) is 0. The molecule has 0 saturated heterocycles. The Kier molecular flexibility index (Phi) is 1.44. The van der Waals surface area contributed by atoms with Crippen LogP contribution >= 0.6 is 0 Å². The largest absolute Gasteiger partial charge is 0.306 e. The molecule has 0 radical (unpaired) electrons. The van der Waals surface area contributed by atoms with Crippen LogP contribution in [0.4, 0.5) is 0 Å². The zero-order valence-corrected chi connectivity index (χ0v) is 6.63. The fourth-order valence-corrected chi connectivity index (χ4v) is 1.96. The molecule has 11 heavy (non-hydrogen) atoms. The van der Waals surface area contributed by atoms with Gasteiger partial charge in [0.05, 0.1) is 12.0 Å². The molecule has 1 aliphatic carbocycles. The lowest BCUT2D eigenvalue weighted by molar-refractivity contribution is -0.122. The fourth-order valence-electron chi connectivity index (χ4n) is 1.96. The standard InChI is InChI=1S/C8H12N2O/c1-5-8-6(10-9-5)3-2-4-7(8)11/h6,8,10H,2-4H2,1H3/t6-,8+/m0/s1. The minimum absolute atomic E-state index is 0.101. The quantitative estimate of drug-likeness (QED) is 0.555. The van der Waals surface area contributed by atoms with Crippen LogP contribution in [0.3, 0.4) is 0 Å². The molecule has 0 bridgehead atoms. The highest BCUT2D eigenvalue weighted by atomic mass is 16.1. The number of Topliss-reactive ketones (excluding diaryl/α,β-unsaturated/α-hetero) is 1. The monoisotopic (exact) mass is 152 g/mol. The highest BCUT2D eigenvalue weighted by molar-refractivity contribution is 6.06. The van der Waals surface area contributed by atoms with Gasteiger partial charge in [0, 0.05) is 12.1 Å². The average Bonchev–Trinajstić information content (AvgIpc) is 2.34. The molecule has 0 aromatic heterocycles. The average molecular weight is 152 g/mol. The Morgan fingerprint density at radius 3 is 3.18 bits per heavy atom. The maximum absolute atomic E-state index is 11.4. The predicted molar refractivity (Wildman–Crippen MR) is 42.4 cm³/mol.